The SMILES string of the molecule is O=Cc1cc(-c2ccc(F)cc2)ncc1F. The van der Waals surface area contributed by atoms with E-state index >= 15 is 0 Å². The lowest BCUT2D eigenvalue weighted by molar-refractivity contribution is 0.111. The zero-order valence-electron chi connectivity index (χ0n) is 8.15. The van der Waals surface area contributed by atoms with Crippen LogP contribution in [-0.2, 0) is 0 Å². The highest BCUT2D eigenvalue weighted by Crippen LogP contribution is 2.18. The molecule has 80 valence electrons. The molecule has 0 saturated carbocycles. The van der Waals surface area contributed by atoms with E-state index in [1.54, 1.807) is 0 Å². The Bertz CT molecular complexity index is 523. The lowest BCUT2D eigenvalue weighted by Gasteiger charge is -2.01. The molecule has 2 nitrogen and oxygen atoms in total. The first-order chi connectivity index (χ1) is 7.70. The topological polar surface area (TPSA) is 30.0 Å². The van der Waals surface area contributed by atoms with Crippen LogP contribution in [0.1, 0.15) is 10.4 Å². The predicted molar refractivity (Wildman–Crippen MR) is 55.0 cm³/mol. The van der Waals surface area contributed by atoms with Gasteiger partial charge in [-0.1, -0.05) is 0 Å². The molecule has 1 aromatic carbocycles. The van der Waals surface area contributed by atoms with Crippen molar-refractivity contribution in [3.8, 4) is 11.3 Å². The predicted octanol–water partition coefficient (Wildman–Crippen LogP) is 2.84. The van der Waals surface area contributed by atoms with Gasteiger partial charge >= 0.3 is 0 Å². The number of aromatic nitrogens is 1. The second-order valence-electron chi connectivity index (χ2n) is 3.22. The Kier molecular flexibility index (Phi) is 2.72. The molecule has 1 aromatic heterocycles. The molecule has 0 bridgehead atoms. The van der Waals surface area contributed by atoms with Crippen molar-refractivity contribution in [2.75, 3.05) is 0 Å². The highest BCUT2D eigenvalue weighted by atomic mass is 19.1. The van der Waals surface area contributed by atoms with Crippen molar-refractivity contribution in [2.45, 2.75) is 0 Å². The molecule has 0 spiro atoms. The minimum atomic E-state index is -0.666. The number of benzene rings is 1. The van der Waals surface area contributed by atoms with Gasteiger partial charge in [0.05, 0.1) is 17.5 Å². The van der Waals surface area contributed by atoms with Crippen molar-refractivity contribution in [3.63, 3.8) is 0 Å². The van der Waals surface area contributed by atoms with E-state index < -0.39 is 5.82 Å². The molecule has 0 aliphatic rings. The number of hydrogen-bond donors (Lipinski definition) is 0. The average Bonchev–Trinajstić information content (AvgIpc) is 2.31. The van der Waals surface area contributed by atoms with E-state index in [4.69, 9.17) is 0 Å². The van der Waals surface area contributed by atoms with Gasteiger partial charge in [-0.25, -0.2) is 8.78 Å². The summed E-state index contributed by atoms with van der Waals surface area (Å²) in [5.74, 6) is -1.03. The van der Waals surface area contributed by atoms with Gasteiger partial charge in [0.25, 0.3) is 0 Å². The van der Waals surface area contributed by atoms with Crippen molar-refractivity contribution in [1.82, 2.24) is 4.98 Å². The van der Waals surface area contributed by atoms with Crippen LogP contribution in [0.4, 0.5) is 8.78 Å². The largest absolute Gasteiger partial charge is 0.298 e. The number of carbonyl (C=O) groups is 1. The molecule has 0 N–H and O–H groups in total. The Hall–Kier alpha value is -2.10. The van der Waals surface area contributed by atoms with Gasteiger partial charge in [0.2, 0.25) is 0 Å². The number of pyridine rings is 1. The van der Waals surface area contributed by atoms with Gasteiger partial charge in [0, 0.05) is 5.56 Å². The molecule has 0 unspecified atom stereocenters. The molecule has 0 radical (unpaired) electrons. The number of rotatable bonds is 2. The van der Waals surface area contributed by atoms with Crippen LogP contribution in [-0.4, -0.2) is 11.3 Å². The summed E-state index contributed by atoms with van der Waals surface area (Å²) in [6.07, 6.45) is 1.40. The average molecular weight is 219 g/mol. The maximum absolute atomic E-state index is 13.0. The van der Waals surface area contributed by atoms with Gasteiger partial charge in [-0.2, -0.15) is 0 Å². The molecule has 2 aromatic rings. The summed E-state index contributed by atoms with van der Waals surface area (Å²) in [5.41, 5.74) is 1.00. The fourth-order valence-corrected chi connectivity index (χ4v) is 1.32. The second-order valence-corrected chi connectivity index (χ2v) is 3.22. The van der Waals surface area contributed by atoms with Crippen molar-refractivity contribution in [3.05, 3.63) is 53.7 Å². The van der Waals surface area contributed by atoms with Crippen LogP contribution in [0.3, 0.4) is 0 Å². The summed E-state index contributed by atoms with van der Waals surface area (Å²) in [7, 11) is 0. The fourth-order valence-electron chi connectivity index (χ4n) is 1.32. The molecule has 0 aliphatic heterocycles. The lowest BCUT2D eigenvalue weighted by atomic mass is 10.1. The highest BCUT2D eigenvalue weighted by molar-refractivity contribution is 5.77. The van der Waals surface area contributed by atoms with Gasteiger partial charge in [0.15, 0.2) is 12.1 Å². The van der Waals surface area contributed by atoms with E-state index in [9.17, 15) is 13.6 Å². The van der Waals surface area contributed by atoms with Crippen LogP contribution in [0.15, 0.2) is 36.5 Å². The number of nitrogens with zero attached hydrogens (tertiary/aromatic N) is 1. The molecular weight excluding hydrogens is 212 g/mol. The van der Waals surface area contributed by atoms with E-state index in [2.05, 4.69) is 4.98 Å². The third-order valence-electron chi connectivity index (χ3n) is 2.15. The summed E-state index contributed by atoms with van der Waals surface area (Å²) < 4.78 is 25.7. The molecule has 16 heavy (non-hydrogen) atoms. The summed E-state index contributed by atoms with van der Waals surface area (Å²) in [6.45, 7) is 0. The molecule has 2 rings (SSSR count). The minimum Gasteiger partial charge on any atom is -0.298 e. The first-order valence-corrected chi connectivity index (χ1v) is 4.57. The smallest absolute Gasteiger partial charge is 0.153 e. The first-order valence-electron chi connectivity index (χ1n) is 4.57. The third-order valence-corrected chi connectivity index (χ3v) is 2.15. The van der Waals surface area contributed by atoms with Gasteiger partial charge in [-0.15, -0.1) is 0 Å². The molecule has 4 heteroatoms. The summed E-state index contributed by atoms with van der Waals surface area (Å²) in [5, 5.41) is 0. The summed E-state index contributed by atoms with van der Waals surface area (Å²) in [4.78, 5) is 14.4. The van der Waals surface area contributed by atoms with Crippen LogP contribution in [0, 0.1) is 11.6 Å². The van der Waals surface area contributed by atoms with E-state index in [1.807, 2.05) is 0 Å². The fraction of sp³-hybridized carbons (Fsp3) is 0. The van der Waals surface area contributed by atoms with Crippen LogP contribution >= 0.6 is 0 Å². The van der Waals surface area contributed by atoms with Crippen LogP contribution in [0.5, 0.6) is 0 Å². The van der Waals surface area contributed by atoms with Crippen molar-refractivity contribution >= 4 is 6.29 Å². The maximum Gasteiger partial charge on any atom is 0.153 e. The number of halogens is 2. The van der Waals surface area contributed by atoms with E-state index in [0.29, 0.717) is 17.5 Å². The minimum absolute atomic E-state index is 0.0608. The molecule has 0 saturated heterocycles. The van der Waals surface area contributed by atoms with Crippen molar-refractivity contribution < 1.29 is 13.6 Å². The monoisotopic (exact) mass is 219 g/mol. The molecule has 1 heterocycles. The van der Waals surface area contributed by atoms with Crippen LogP contribution < -0.4 is 0 Å². The number of carbonyl (C=O) groups excluding carboxylic acids is 1. The van der Waals surface area contributed by atoms with Gasteiger partial charge < -0.3 is 0 Å². The molecule has 0 atom stereocenters. The standard InChI is InChI=1S/C12H7F2NO/c13-10-3-1-8(2-4-10)12-5-9(7-16)11(14)6-15-12/h1-7H. The maximum atomic E-state index is 13.0. The zero-order chi connectivity index (χ0) is 11.5. The third kappa shape index (κ3) is 1.95. The van der Waals surface area contributed by atoms with Crippen LogP contribution in [0.25, 0.3) is 11.3 Å². The Balaban J connectivity index is 2.48. The summed E-state index contributed by atoms with van der Waals surface area (Å²) >= 11 is 0. The van der Waals surface area contributed by atoms with E-state index in [-0.39, 0.29) is 11.4 Å². The van der Waals surface area contributed by atoms with E-state index in [0.717, 1.165) is 6.20 Å². The summed E-state index contributed by atoms with van der Waals surface area (Å²) in [6, 6.07) is 6.92. The second kappa shape index (κ2) is 4.18. The van der Waals surface area contributed by atoms with E-state index in [1.165, 1.54) is 30.3 Å². The first kappa shape index (κ1) is 10.4. The number of hydrogen-bond acceptors (Lipinski definition) is 2. The molecule has 0 aliphatic carbocycles. The molecule has 0 fully saturated rings. The Morgan fingerprint density at radius 1 is 1.12 bits per heavy atom. The molecule has 0 amide bonds. The van der Waals surface area contributed by atoms with Gasteiger partial charge in [-0.05, 0) is 30.3 Å². The Labute approximate surface area is 90.6 Å². The number of aldehydes is 1. The van der Waals surface area contributed by atoms with Gasteiger partial charge in [0.1, 0.15) is 5.82 Å². The molecular formula is C12H7F2NO. The quantitative estimate of drug-likeness (QED) is 0.727. The Morgan fingerprint density at radius 2 is 1.81 bits per heavy atom. The van der Waals surface area contributed by atoms with Gasteiger partial charge in [-0.3, -0.25) is 9.78 Å². The van der Waals surface area contributed by atoms with Crippen molar-refractivity contribution in [2.24, 2.45) is 0 Å². The normalized spacial score (nSPS) is 10.1. The zero-order valence-corrected chi connectivity index (χ0v) is 8.15. The highest BCUT2D eigenvalue weighted by Gasteiger charge is 2.05. The van der Waals surface area contributed by atoms with Crippen molar-refractivity contribution in [1.29, 1.82) is 0 Å². The van der Waals surface area contributed by atoms with Crippen LogP contribution in [0.2, 0.25) is 0 Å². The Morgan fingerprint density at radius 3 is 2.44 bits per heavy atom. The lowest BCUT2D eigenvalue weighted by Crippen LogP contribution is -1.92.